The van der Waals surface area contributed by atoms with E-state index in [-0.39, 0.29) is 22.7 Å². The van der Waals surface area contributed by atoms with Crippen LogP contribution in [-0.2, 0) is 19.5 Å². The van der Waals surface area contributed by atoms with Crippen LogP contribution in [0.1, 0.15) is 43.7 Å². The van der Waals surface area contributed by atoms with Crippen molar-refractivity contribution in [1.29, 1.82) is 0 Å². The van der Waals surface area contributed by atoms with E-state index in [1.165, 1.54) is 0 Å². The summed E-state index contributed by atoms with van der Waals surface area (Å²) in [6.45, 7) is 10.8. The van der Waals surface area contributed by atoms with Crippen LogP contribution in [0.2, 0.25) is 23.4 Å². The minimum absolute atomic E-state index is 0.0257. The summed E-state index contributed by atoms with van der Waals surface area (Å²) in [5, 5.41) is 4.12. The number of methoxy groups -OCH3 is 1. The minimum Gasteiger partial charge on any atom is -0.497 e. The smallest absolute Gasteiger partial charge is 0.226 e. The van der Waals surface area contributed by atoms with Crippen molar-refractivity contribution in [2.75, 3.05) is 19.5 Å². The van der Waals surface area contributed by atoms with E-state index in [0.29, 0.717) is 11.2 Å². The van der Waals surface area contributed by atoms with Crippen LogP contribution in [0.4, 0.5) is 5.82 Å². The van der Waals surface area contributed by atoms with Crippen molar-refractivity contribution in [2.45, 2.75) is 69.0 Å². The first-order valence-corrected chi connectivity index (χ1v) is 19.6. The number of nitrogens with zero attached hydrogens (tertiary/aromatic N) is 7. The largest absolute Gasteiger partial charge is 0.497 e. The summed E-state index contributed by atoms with van der Waals surface area (Å²) in [6, 6.07) is 27.1. The zero-order chi connectivity index (χ0) is 35.7. The number of fused-ring (bicyclic) bond motifs is 1. The third-order valence-electron chi connectivity index (χ3n) is 9.75. The normalized spacial score (nSPS) is 19.7. The molecule has 0 spiro atoms. The third kappa shape index (κ3) is 6.56. The number of rotatable bonds is 11. The first kappa shape index (κ1) is 35.3. The van der Waals surface area contributed by atoms with Crippen LogP contribution in [0, 0.1) is 0 Å². The van der Waals surface area contributed by atoms with Gasteiger partial charge in [-0.1, -0.05) is 98.7 Å². The molecular weight excluding hydrogens is 672 g/mol. The number of benzene rings is 3. The Kier molecular flexibility index (Phi) is 9.91. The number of ether oxygens (including phenoxy) is 3. The van der Waals surface area contributed by atoms with Gasteiger partial charge in [0.25, 0.3) is 0 Å². The van der Waals surface area contributed by atoms with Crippen molar-refractivity contribution in [3.8, 4) is 5.75 Å². The summed E-state index contributed by atoms with van der Waals surface area (Å²) >= 11 is 6.26. The molecule has 0 aliphatic carbocycles. The Labute approximate surface area is 297 Å². The number of azide groups is 1. The average Bonchev–Trinajstić information content (AvgIpc) is 3.67. The van der Waals surface area contributed by atoms with Gasteiger partial charge in [-0.25, -0.2) is 4.98 Å². The van der Waals surface area contributed by atoms with Gasteiger partial charge in [0.15, 0.2) is 26.0 Å². The van der Waals surface area contributed by atoms with E-state index in [2.05, 4.69) is 58.8 Å². The Balaban J connectivity index is 1.48. The Hall–Kier alpha value is -4.49. The molecule has 1 saturated heterocycles. The number of aromatic nitrogens is 4. The molecule has 260 valence electrons. The number of imidazole rings is 1. The van der Waals surface area contributed by atoms with E-state index >= 15 is 0 Å². The van der Waals surface area contributed by atoms with Crippen LogP contribution in [0.5, 0.6) is 5.75 Å². The number of halogens is 1. The van der Waals surface area contributed by atoms with Crippen molar-refractivity contribution in [1.82, 2.24) is 19.5 Å². The second-order valence-electron chi connectivity index (χ2n) is 13.8. The molecule has 4 atom stereocenters. The molecule has 0 amide bonds. The number of hydrogen-bond donors (Lipinski definition) is 1. The van der Waals surface area contributed by atoms with Crippen LogP contribution in [0.25, 0.3) is 21.6 Å². The number of anilines is 1. The predicted octanol–water partition coefficient (Wildman–Crippen LogP) is 8.05. The molecule has 3 heterocycles. The molecule has 1 aliphatic rings. The van der Waals surface area contributed by atoms with E-state index < -0.39 is 38.4 Å². The summed E-state index contributed by atoms with van der Waals surface area (Å²) in [4.78, 5) is 16.3. The van der Waals surface area contributed by atoms with Gasteiger partial charge in [-0.15, -0.1) is 0 Å². The molecule has 0 radical (unpaired) electrons. The fourth-order valence-electron chi connectivity index (χ4n) is 6.15. The van der Waals surface area contributed by atoms with E-state index in [4.69, 9.17) is 36.0 Å². The maximum Gasteiger partial charge on any atom is 0.226 e. The molecule has 0 unspecified atom stereocenters. The van der Waals surface area contributed by atoms with Gasteiger partial charge < -0.3 is 24.4 Å². The molecule has 6 rings (SSSR count). The summed E-state index contributed by atoms with van der Waals surface area (Å²) < 4.78 is 28.3. The van der Waals surface area contributed by atoms with Crippen molar-refractivity contribution >= 4 is 36.9 Å². The van der Waals surface area contributed by atoms with Gasteiger partial charge in [0, 0.05) is 4.91 Å². The fourth-order valence-corrected chi connectivity index (χ4v) is 7.61. The molecular formula is C36H41ClN8O4Si. The molecule has 1 fully saturated rings. The van der Waals surface area contributed by atoms with Gasteiger partial charge in [-0.2, -0.15) is 9.97 Å². The quantitative estimate of drug-likeness (QED) is 0.0360. The van der Waals surface area contributed by atoms with Crippen LogP contribution < -0.4 is 10.5 Å². The third-order valence-corrected chi connectivity index (χ3v) is 14.4. The first-order valence-electron chi connectivity index (χ1n) is 16.3. The first-order chi connectivity index (χ1) is 23.9. The minimum atomic E-state index is -2.47. The zero-order valence-corrected chi connectivity index (χ0v) is 30.7. The lowest BCUT2D eigenvalue weighted by molar-refractivity contribution is -0.0851. The van der Waals surface area contributed by atoms with Crippen LogP contribution in [0.3, 0.4) is 0 Å². The molecule has 2 aromatic heterocycles. The Bertz CT molecular complexity index is 1940. The Morgan fingerprint density at radius 1 is 0.960 bits per heavy atom. The summed E-state index contributed by atoms with van der Waals surface area (Å²) in [5.41, 5.74) is 18.5. The lowest BCUT2D eigenvalue weighted by Crippen LogP contribution is -2.48. The summed E-state index contributed by atoms with van der Waals surface area (Å²) in [7, 11) is -0.838. The van der Waals surface area contributed by atoms with E-state index in [9.17, 15) is 5.53 Å². The van der Waals surface area contributed by atoms with Crippen LogP contribution in [0.15, 0.2) is 96.4 Å². The average molecular weight is 713 g/mol. The van der Waals surface area contributed by atoms with Crippen molar-refractivity contribution in [3.05, 3.63) is 124 Å². The maximum absolute atomic E-state index is 9.93. The number of hydrogen-bond acceptors (Lipinski definition) is 9. The molecule has 0 bridgehead atoms. The molecule has 14 heteroatoms. The van der Waals surface area contributed by atoms with Gasteiger partial charge in [0.1, 0.15) is 23.0 Å². The second kappa shape index (κ2) is 14.0. The van der Waals surface area contributed by atoms with Crippen LogP contribution in [-0.4, -0.2) is 59.8 Å². The lowest BCUT2D eigenvalue weighted by Gasteiger charge is -2.40. The highest BCUT2D eigenvalue weighted by molar-refractivity contribution is 6.74. The molecule has 3 aromatic carbocycles. The fraction of sp³-hybridized carbons (Fsp3) is 0.361. The van der Waals surface area contributed by atoms with Gasteiger partial charge in [0.2, 0.25) is 5.28 Å². The molecule has 50 heavy (non-hydrogen) atoms. The highest BCUT2D eigenvalue weighted by Gasteiger charge is 2.52. The molecule has 0 saturated carbocycles. The van der Waals surface area contributed by atoms with Crippen molar-refractivity contribution in [3.63, 3.8) is 0 Å². The number of nitrogen functional groups attached to an aromatic ring is 1. The standard InChI is InChI=1S/C36H41ClN8O4Si/c1-35(2,3)50(5,6)49-30-28(43-44-39)27(48-33(30)45-22-40-29-31(38)41-34(37)42-32(29)45)21-47-36(23-13-9-7-10-14-23,24-15-11-8-12-16-24)25-17-19-26(46-4)20-18-25/h7-20,22,27-28,30,33H,21H2,1-6H3,(H2,38,41,42)/t27-,28-,30-,33-/m1/s1. The van der Waals surface area contributed by atoms with E-state index in [1.54, 1.807) is 18.0 Å². The van der Waals surface area contributed by atoms with Crippen LogP contribution >= 0.6 is 11.6 Å². The molecule has 12 nitrogen and oxygen atoms in total. The van der Waals surface area contributed by atoms with Gasteiger partial charge in [-0.3, -0.25) is 4.57 Å². The molecule has 1 aliphatic heterocycles. The lowest BCUT2D eigenvalue weighted by atomic mass is 9.80. The van der Waals surface area contributed by atoms with Gasteiger partial charge >= 0.3 is 0 Å². The molecule has 5 aromatic rings. The van der Waals surface area contributed by atoms with Crippen molar-refractivity contribution < 1.29 is 18.6 Å². The topological polar surface area (TPSA) is 155 Å². The highest BCUT2D eigenvalue weighted by Crippen LogP contribution is 2.46. The number of nitrogens with two attached hydrogens (primary N) is 1. The maximum atomic E-state index is 9.93. The Morgan fingerprint density at radius 2 is 1.56 bits per heavy atom. The predicted molar refractivity (Wildman–Crippen MR) is 195 cm³/mol. The summed E-state index contributed by atoms with van der Waals surface area (Å²) in [5.74, 6) is 0.858. The van der Waals surface area contributed by atoms with E-state index in [0.717, 1.165) is 22.4 Å². The van der Waals surface area contributed by atoms with Gasteiger partial charge in [0.05, 0.1) is 32.2 Å². The highest BCUT2D eigenvalue weighted by atomic mass is 35.5. The zero-order valence-electron chi connectivity index (χ0n) is 28.9. The van der Waals surface area contributed by atoms with E-state index in [1.807, 2.05) is 84.9 Å². The second-order valence-corrected chi connectivity index (χ2v) is 18.9. The molecule has 2 N–H and O–H groups in total. The summed E-state index contributed by atoms with van der Waals surface area (Å²) in [6.07, 6.45) is -0.711. The monoisotopic (exact) mass is 712 g/mol. The SMILES string of the molecule is COc1ccc(C(OC[C@H]2O[C@@H](n3cnc4c(N)nc(Cl)nc43)[C@H](O[Si](C)(C)C(C)(C)C)[C@@H]2N=[N+]=[N-])(c2ccccc2)c2ccccc2)cc1. The van der Waals surface area contributed by atoms with Crippen molar-refractivity contribution in [2.24, 2.45) is 5.11 Å². The Morgan fingerprint density at radius 3 is 2.12 bits per heavy atom. The van der Waals surface area contributed by atoms with Gasteiger partial charge in [-0.05, 0) is 64.1 Å².